The number of hydrogen-bond acceptors (Lipinski definition) is 5. The van der Waals surface area contributed by atoms with Crippen LogP contribution in [0.15, 0.2) is 0 Å². The van der Waals surface area contributed by atoms with E-state index in [2.05, 4.69) is 23.7 Å². The summed E-state index contributed by atoms with van der Waals surface area (Å²) in [5.41, 5.74) is 0. The van der Waals surface area contributed by atoms with Gasteiger partial charge in [0, 0.05) is 6.42 Å². The molecular weight excluding hydrogens is 637 g/mol. The van der Waals surface area contributed by atoms with Crippen LogP contribution in [0.1, 0.15) is 232 Å². The molecule has 0 aromatic carbocycles. The van der Waals surface area contributed by atoms with Crippen molar-refractivity contribution in [2.24, 2.45) is 0 Å². The fourth-order valence-electron chi connectivity index (χ4n) is 6.74. The predicted molar refractivity (Wildman–Crippen MR) is 205 cm³/mol. The van der Waals surface area contributed by atoms with E-state index in [1.165, 1.54) is 154 Å². The molecular formula is C40H82NO7P. The maximum absolute atomic E-state index is 12.6. The number of rotatable bonds is 39. The topological polar surface area (TPSA) is 136 Å². The van der Waals surface area contributed by atoms with Crippen molar-refractivity contribution in [3.05, 3.63) is 0 Å². The van der Waals surface area contributed by atoms with Gasteiger partial charge in [0.1, 0.15) is 6.04 Å². The van der Waals surface area contributed by atoms with Gasteiger partial charge in [-0.2, -0.15) is 0 Å². The van der Waals surface area contributed by atoms with Crippen LogP contribution in [0.5, 0.6) is 0 Å². The Hall–Kier alpha value is -0.500. The summed E-state index contributed by atoms with van der Waals surface area (Å²) in [7, 11) is -4.99. The number of hydrogen-bond donors (Lipinski definition) is 5. The Morgan fingerprint density at radius 3 is 1.10 bits per heavy atom. The van der Waals surface area contributed by atoms with E-state index in [9.17, 15) is 19.6 Å². The molecule has 0 spiro atoms. The molecule has 0 bridgehead atoms. The molecule has 0 saturated carbocycles. The van der Waals surface area contributed by atoms with Crippen molar-refractivity contribution in [1.82, 2.24) is 5.32 Å². The minimum absolute atomic E-state index is 0.240. The third-order valence-electron chi connectivity index (χ3n) is 9.91. The predicted octanol–water partition coefficient (Wildman–Crippen LogP) is 11.6. The van der Waals surface area contributed by atoms with Crippen LogP contribution in [0.2, 0.25) is 0 Å². The van der Waals surface area contributed by atoms with E-state index in [0.29, 0.717) is 19.3 Å². The Morgan fingerprint density at radius 2 is 0.796 bits per heavy atom. The lowest BCUT2D eigenvalue weighted by atomic mass is 10.0. The number of phosphoric ester groups is 1. The maximum Gasteiger partial charge on any atom is 0.471 e. The summed E-state index contributed by atoms with van der Waals surface area (Å²) in [6.45, 7) is 4.51. The van der Waals surface area contributed by atoms with Crippen LogP contribution in [0.3, 0.4) is 0 Å². The van der Waals surface area contributed by atoms with Crippen molar-refractivity contribution in [1.29, 1.82) is 0 Å². The molecule has 0 saturated heterocycles. The van der Waals surface area contributed by atoms with Crippen LogP contribution in [0.25, 0.3) is 0 Å². The molecule has 0 radical (unpaired) electrons. The average molecular weight is 720 g/mol. The zero-order valence-electron chi connectivity index (χ0n) is 32.2. The van der Waals surface area contributed by atoms with E-state index in [1.807, 2.05) is 0 Å². The highest BCUT2D eigenvalue weighted by Gasteiger charge is 2.33. The Balaban J connectivity index is 3.97. The summed E-state index contributed by atoms with van der Waals surface area (Å²) in [6.07, 6.45) is 37.3. The average Bonchev–Trinajstić information content (AvgIpc) is 3.05. The minimum Gasteiger partial charge on any atom is -0.391 e. The van der Waals surface area contributed by atoms with E-state index in [1.54, 1.807) is 0 Å². The van der Waals surface area contributed by atoms with Gasteiger partial charge >= 0.3 is 7.82 Å². The second-order valence-electron chi connectivity index (χ2n) is 14.8. The number of amides is 1. The number of aliphatic hydroxyl groups excluding tert-OH is 2. The van der Waals surface area contributed by atoms with E-state index in [0.717, 1.165) is 38.5 Å². The molecule has 0 aliphatic heterocycles. The number of phosphoric acid groups is 1. The molecule has 0 rings (SSSR count). The second-order valence-corrected chi connectivity index (χ2v) is 16.0. The van der Waals surface area contributed by atoms with Gasteiger partial charge in [0.05, 0.1) is 6.10 Å². The van der Waals surface area contributed by atoms with Crippen molar-refractivity contribution in [2.75, 3.05) is 0 Å². The number of carbonyl (C=O) groups excluding carboxylic acids is 1. The zero-order valence-corrected chi connectivity index (χ0v) is 33.1. The Bertz CT molecular complexity index is 750. The van der Waals surface area contributed by atoms with Crippen molar-refractivity contribution in [2.45, 2.75) is 251 Å². The van der Waals surface area contributed by atoms with E-state index in [-0.39, 0.29) is 12.3 Å². The highest BCUT2D eigenvalue weighted by Crippen LogP contribution is 2.38. The molecule has 9 heteroatoms. The molecule has 0 aliphatic carbocycles. The molecule has 1 unspecified atom stereocenters. The normalized spacial score (nSPS) is 13.8. The summed E-state index contributed by atoms with van der Waals surface area (Å²) < 4.78 is 15.8. The molecule has 0 aromatic heterocycles. The van der Waals surface area contributed by atoms with Crippen LogP contribution in [-0.4, -0.2) is 44.3 Å². The molecule has 1 amide bonds. The fraction of sp³-hybridized carbons (Fsp3) is 0.975. The number of carbonyl (C=O) groups is 1. The SMILES string of the molecule is CCCCCCCCCCCCCCCCCCCCCC(=O)N[C@H](C(O)OP(=O)(O)O)[C@H](O)CCCCCCCCCCCCCCC. The summed E-state index contributed by atoms with van der Waals surface area (Å²) in [5, 5.41) is 23.6. The van der Waals surface area contributed by atoms with E-state index < -0.39 is 26.3 Å². The summed E-state index contributed by atoms with van der Waals surface area (Å²) in [5.74, 6) is -0.352. The monoisotopic (exact) mass is 720 g/mol. The number of unbranched alkanes of at least 4 members (excludes halogenated alkanes) is 30. The van der Waals surface area contributed by atoms with Crippen molar-refractivity contribution >= 4 is 13.7 Å². The molecule has 3 atom stereocenters. The van der Waals surface area contributed by atoms with Gasteiger partial charge in [-0.15, -0.1) is 0 Å². The summed E-state index contributed by atoms with van der Waals surface area (Å²) in [6, 6.07) is -1.29. The molecule has 0 aromatic rings. The standard InChI is InChI=1S/C40H82NO7P/c1-3-5-7-9-11-13-15-17-18-19-20-21-22-24-26-28-30-32-34-36-38(43)41-39(40(44)48-49(45,46)47)37(42)35-33-31-29-27-25-23-16-14-12-10-8-6-4-2/h37,39-40,42,44H,3-36H2,1-2H3,(H,41,43)(H2,45,46,47)/t37-,39+,40?/m1/s1. The van der Waals surface area contributed by atoms with Crippen LogP contribution in [-0.2, 0) is 13.9 Å². The lowest BCUT2D eigenvalue weighted by Gasteiger charge is -2.28. The fourth-order valence-corrected chi connectivity index (χ4v) is 7.15. The quantitative estimate of drug-likeness (QED) is 0.0242. The molecule has 0 heterocycles. The Morgan fingerprint density at radius 1 is 0.510 bits per heavy atom. The van der Waals surface area contributed by atoms with Crippen LogP contribution >= 0.6 is 7.82 Å². The zero-order chi connectivity index (χ0) is 36.3. The first-order valence-corrected chi connectivity index (χ1v) is 22.6. The van der Waals surface area contributed by atoms with Gasteiger partial charge in [0.15, 0.2) is 6.29 Å². The molecule has 5 N–H and O–H groups in total. The van der Waals surface area contributed by atoms with Gasteiger partial charge < -0.3 is 25.3 Å². The number of aliphatic hydroxyl groups is 2. The van der Waals surface area contributed by atoms with Crippen molar-refractivity contribution < 1.29 is 33.9 Å². The third-order valence-corrected chi connectivity index (χ3v) is 10.4. The molecule has 8 nitrogen and oxygen atoms in total. The molecule has 0 aliphatic rings. The Kier molecular flexibility index (Phi) is 35.5. The second kappa shape index (κ2) is 35.9. The van der Waals surface area contributed by atoms with E-state index >= 15 is 0 Å². The minimum atomic E-state index is -4.99. The Labute approximate surface area is 303 Å². The number of nitrogens with one attached hydrogen (secondary N) is 1. The molecule has 294 valence electrons. The van der Waals surface area contributed by atoms with Crippen LogP contribution in [0.4, 0.5) is 0 Å². The van der Waals surface area contributed by atoms with Gasteiger partial charge in [-0.25, -0.2) is 4.57 Å². The lowest BCUT2D eigenvalue weighted by molar-refractivity contribution is -0.131. The van der Waals surface area contributed by atoms with Gasteiger partial charge in [-0.3, -0.25) is 9.32 Å². The largest absolute Gasteiger partial charge is 0.471 e. The van der Waals surface area contributed by atoms with Gasteiger partial charge in [0.2, 0.25) is 5.91 Å². The van der Waals surface area contributed by atoms with Crippen molar-refractivity contribution in [3.63, 3.8) is 0 Å². The van der Waals surface area contributed by atoms with Crippen LogP contribution < -0.4 is 5.32 Å². The highest BCUT2D eigenvalue weighted by atomic mass is 31.2. The van der Waals surface area contributed by atoms with Gasteiger partial charge in [-0.05, 0) is 12.8 Å². The van der Waals surface area contributed by atoms with Crippen LogP contribution in [0, 0.1) is 0 Å². The molecule has 49 heavy (non-hydrogen) atoms. The summed E-state index contributed by atoms with van der Waals surface area (Å²) >= 11 is 0. The smallest absolute Gasteiger partial charge is 0.391 e. The third kappa shape index (κ3) is 35.7. The van der Waals surface area contributed by atoms with Crippen molar-refractivity contribution in [3.8, 4) is 0 Å². The highest BCUT2D eigenvalue weighted by molar-refractivity contribution is 7.46. The maximum atomic E-state index is 12.6. The van der Waals surface area contributed by atoms with Gasteiger partial charge in [-0.1, -0.05) is 213 Å². The first kappa shape index (κ1) is 48.5. The molecule has 0 fully saturated rings. The first-order chi connectivity index (χ1) is 23.7. The first-order valence-electron chi connectivity index (χ1n) is 21.1. The lowest BCUT2D eigenvalue weighted by Crippen LogP contribution is -2.51. The van der Waals surface area contributed by atoms with Gasteiger partial charge in [0.25, 0.3) is 0 Å². The summed E-state index contributed by atoms with van der Waals surface area (Å²) in [4.78, 5) is 30.9. The van der Waals surface area contributed by atoms with E-state index in [4.69, 9.17) is 9.79 Å².